The maximum atomic E-state index is 12.2. The van der Waals surface area contributed by atoms with E-state index in [4.69, 9.17) is 4.74 Å². The van der Waals surface area contributed by atoms with Gasteiger partial charge in [0, 0.05) is 30.8 Å². The molecule has 32 heavy (non-hydrogen) atoms. The largest absolute Gasteiger partial charge is 0.445 e. The summed E-state index contributed by atoms with van der Waals surface area (Å²) < 4.78 is 7.08. The number of hydrogen-bond donors (Lipinski definition) is 2. The van der Waals surface area contributed by atoms with E-state index < -0.39 is 6.09 Å². The number of rotatable bonds is 9. The topological polar surface area (TPSA) is 85.3 Å². The Kier molecular flexibility index (Phi) is 8.02. The molecule has 0 fully saturated rings. The molecule has 0 atom stereocenters. The SMILES string of the molecule is Cc1ccccc1-n1nc(C)c(CNC(=O)CCCNC(=O)OCc2ccccc2)c1C. The lowest BCUT2D eigenvalue weighted by Crippen LogP contribution is -2.28. The van der Waals surface area contributed by atoms with Gasteiger partial charge in [0.25, 0.3) is 0 Å². The number of carbonyl (C=O) groups excluding carboxylic acids is 2. The molecule has 3 aromatic rings. The van der Waals surface area contributed by atoms with Crippen LogP contribution in [0.5, 0.6) is 0 Å². The van der Waals surface area contributed by atoms with Gasteiger partial charge in [0.1, 0.15) is 6.61 Å². The third kappa shape index (κ3) is 6.20. The number of hydrogen-bond acceptors (Lipinski definition) is 4. The Bertz CT molecular complexity index is 1060. The Hall–Kier alpha value is -3.61. The Morgan fingerprint density at radius 1 is 0.969 bits per heavy atom. The lowest BCUT2D eigenvalue weighted by molar-refractivity contribution is -0.121. The van der Waals surface area contributed by atoms with E-state index in [1.54, 1.807) is 0 Å². The Morgan fingerprint density at radius 2 is 1.69 bits per heavy atom. The molecule has 1 heterocycles. The standard InChI is InChI=1S/C25H30N4O3/c1-18-10-7-8-13-23(18)29-20(3)22(19(2)28-29)16-27-24(30)14-9-15-26-25(31)32-17-21-11-5-4-6-12-21/h4-8,10-13H,9,14-17H2,1-3H3,(H,26,31)(H,27,30). The Balaban J connectivity index is 1.40. The number of ether oxygens (including phenoxy) is 1. The molecule has 2 N–H and O–H groups in total. The molecule has 7 nitrogen and oxygen atoms in total. The number of carbonyl (C=O) groups is 2. The highest BCUT2D eigenvalue weighted by Gasteiger charge is 2.14. The summed E-state index contributed by atoms with van der Waals surface area (Å²) in [5.74, 6) is -0.0631. The van der Waals surface area contributed by atoms with Gasteiger partial charge in [-0.1, -0.05) is 48.5 Å². The molecule has 0 aliphatic heterocycles. The van der Waals surface area contributed by atoms with Gasteiger partial charge in [-0.15, -0.1) is 0 Å². The van der Waals surface area contributed by atoms with Crippen molar-refractivity contribution in [1.82, 2.24) is 20.4 Å². The van der Waals surface area contributed by atoms with E-state index in [0.29, 0.717) is 25.9 Å². The van der Waals surface area contributed by atoms with Gasteiger partial charge in [0.2, 0.25) is 5.91 Å². The fourth-order valence-corrected chi connectivity index (χ4v) is 3.46. The number of benzene rings is 2. The molecule has 168 valence electrons. The molecule has 1 aromatic heterocycles. The molecular formula is C25H30N4O3. The smallest absolute Gasteiger partial charge is 0.407 e. The van der Waals surface area contributed by atoms with Crippen LogP contribution >= 0.6 is 0 Å². The van der Waals surface area contributed by atoms with Crippen molar-refractivity contribution >= 4 is 12.0 Å². The highest BCUT2D eigenvalue weighted by atomic mass is 16.5. The van der Waals surface area contributed by atoms with Crippen LogP contribution in [0.15, 0.2) is 54.6 Å². The van der Waals surface area contributed by atoms with E-state index in [9.17, 15) is 9.59 Å². The fraction of sp³-hybridized carbons (Fsp3) is 0.320. The predicted molar refractivity (Wildman–Crippen MR) is 123 cm³/mol. The van der Waals surface area contributed by atoms with Gasteiger partial charge in [0.15, 0.2) is 0 Å². The first-order chi connectivity index (χ1) is 15.5. The molecular weight excluding hydrogens is 404 g/mol. The van der Waals surface area contributed by atoms with Gasteiger partial charge in [-0.25, -0.2) is 9.48 Å². The van der Waals surface area contributed by atoms with Gasteiger partial charge in [-0.05, 0) is 44.4 Å². The van der Waals surface area contributed by atoms with Crippen molar-refractivity contribution < 1.29 is 14.3 Å². The van der Waals surface area contributed by atoms with E-state index in [0.717, 1.165) is 33.8 Å². The lowest BCUT2D eigenvalue weighted by atomic mass is 10.1. The minimum absolute atomic E-state index is 0.0631. The van der Waals surface area contributed by atoms with Crippen LogP contribution in [0.4, 0.5) is 4.79 Å². The molecule has 0 aliphatic carbocycles. The van der Waals surface area contributed by atoms with Crippen LogP contribution in [-0.4, -0.2) is 28.3 Å². The Morgan fingerprint density at radius 3 is 2.44 bits per heavy atom. The minimum atomic E-state index is -0.482. The second kappa shape index (κ2) is 11.1. The highest BCUT2D eigenvalue weighted by molar-refractivity contribution is 5.76. The van der Waals surface area contributed by atoms with Crippen molar-refractivity contribution in [2.45, 2.75) is 46.8 Å². The molecule has 2 amide bonds. The second-order valence-corrected chi connectivity index (χ2v) is 7.72. The summed E-state index contributed by atoms with van der Waals surface area (Å²) >= 11 is 0. The predicted octanol–water partition coefficient (Wildman–Crippen LogP) is 4.12. The summed E-state index contributed by atoms with van der Waals surface area (Å²) in [4.78, 5) is 24.0. The van der Waals surface area contributed by atoms with Crippen LogP contribution in [0, 0.1) is 20.8 Å². The second-order valence-electron chi connectivity index (χ2n) is 7.72. The first-order valence-electron chi connectivity index (χ1n) is 10.8. The Labute approximate surface area is 188 Å². The molecule has 0 spiro atoms. The van der Waals surface area contributed by atoms with E-state index in [1.807, 2.05) is 67.1 Å². The van der Waals surface area contributed by atoms with Gasteiger partial charge < -0.3 is 15.4 Å². The zero-order valence-electron chi connectivity index (χ0n) is 18.9. The third-order valence-electron chi connectivity index (χ3n) is 5.31. The number of aryl methyl sites for hydroxylation is 2. The van der Waals surface area contributed by atoms with Crippen LogP contribution in [0.25, 0.3) is 5.69 Å². The summed E-state index contributed by atoms with van der Waals surface area (Å²) in [5, 5.41) is 10.3. The summed E-state index contributed by atoms with van der Waals surface area (Å²) in [6, 6.07) is 17.6. The first-order valence-corrected chi connectivity index (χ1v) is 10.8. The zero-order chi connectivity index (χ0) is 22.9. The molecule has 3 rings (SSSR count). The maximum absolute atomic E-state index is 12.2. The summed E-state index contributed by atoms with van der Waals surface area (Å²) in [6.45, 7) is 7.05. The molecule has 0 unspecified atom stereocenters. The van der Waals surface area contributed by atoms with Crippen LogP contribution in [0.1, 0.15) is 40.9 Å². The van der Waals surface area contributed by atoms with Gasteiger partial charge >= 0.3 is 6.09 Å². The van der Waals surface area contributed by atoms with Crippen molar-refractivity contribution in [1.29, 1.82) is 0 Å². The van der Waals surface area contributed by atoms with E-state index in [-0.39, 0.29) is 12.5 Å². The maximum Gasteiger partial charge on any atom is 0.407 e. The van der Waals surface area contributed by atoms with Crippen molar-refractivity contribution in [3.63, 3.8) is 0 Å². The first kappa shape index (κ1) is 23.1. The summed E-state index contributed by atoms with van der Waals surface area (Å²) in [6.07, 6.45) is 0.375. The average molecular weight is 435 g/mol. The molecule has 0 aliphatic rings. The lowest BCUT2D eigenvalue weighted by Gasteiger charge is -2.09. The number of amides is 2. The van der Waals surface area contributed by atoms with Gasteiger partial charge in [-0.3, -0.25) is 4.79 Å². The van der Waals surface area contributed by atoms with Crippen molar-refractivity contribution in [2.24, 2.45) is 0 Å². The number of aromatic nitrogens is 2. The number of nitrogens with one attached hydrogen (secondary N) is 2. The molecule has 0 saturated carbocycles. The highest BCUT2D eigenvalue weighted by Crippen LogP contribution is 2.20. The van der Waals surface area contributed by atoms with Gasteiger partial charge in [-0.2, -0.15) is 5.10 Å². The van der Waals surface area contributed by atoms with E-state index >= 15 is 0 Å². The van der Waals surface area contributed by atoms with E-state index in [1.165, 1.54) is 0 Å². The minimum Gasteiger partial charge on any atom is -0.445 e. The van der Waals surface area contributed by atoms with Crippen molar-refractivity contribution in [2.75, 3.05) is 6.54 Å². The summed E-state index contributed by atoms with van der Waals surface area (Å²) in [7, 11) is 0. The third-order valence-corrected chi connectivity index (χ3v) is 5.31. The summed E-state index contributed by atoms with van der Waals surface area (Å²) in [5.41, 5.74) is 6.04. The van der Waals surface area contributed by atoms with Crippen LogP contribution < -0.4 is 10.6 Å². The molecule has 2 aromatic carbocycles. The molecule has 0 bridgehead atoms. The zero-order valence-corrected chi connectivity index (χ0v) is 18.9. The molecule has 7 heteroatoms. The molecule has 0 radical (unpaired) electrons. The quantitative estimate of drug-likeness (QED) is 0.496. The number of nitrogens with zero attached hydrogens (tertiary/aromatic N) is 2. The fourth-order valence-electron chi connectivity index (χ4n) is 3.46. The van der Waals surface area contributed by atoms with E-state index in [2.05, 4.69) is 28.7 Å². The van der Waals surface area contributed by atoms with Crippen LogP contribution in [0.3, 0.4) is 0 Å². The van der Waals surface area contributed by atoms with Crippen LogP contribution in [0.2, 0.25) is 0 Å². The average Bonchev–Trinajstić information content (AvgIpc) is 3.08. The van der Waals surface area contributed by atoms with Crippen molar-refractivity contribution in [3.8, 4) is 5.69 Å². The number of alkyl carbamates (subject to hydrolysis) is 1. The molecule has 0 saturated heterocycles. The normalized spacial score (nSPS) is 10.6. The monoisotopic (exact) mass is 434 g/mol. The van der Waals surface area contributed by atoms with Gasteiger partial charge in [0.05, 0.1) is 11.4 Å². The van der Waals surface area contributed by atoms with Crippen molar-refractivity contribution in [3.05, 3.63) is 82.7 Å². The van der Waals surface area contributed by atoms with Crippen LogP contribution in [-0.2, 0) is 22.7 Å². The number of para-hydroxylation sites is 1.